The highest BCUT2D eigenvalue weighted by Crippen LogP contribution is 2.22. The normalized spacial score (nSPS) is 10.8. The van der Waals surface area contributed by atoms with Gasteiger partial charge in [0.2, 0.25) is 0 Å². The molecule has 2 aromatic heterocycles. The van der Waals surface area contributed by atoms with Gasteiger partial charge in [-0.15, -0.1) is 0 Å². The summed E-state index contributed by atoms with van der Waals surface area (Å²) in [5.41, 5.74) is 1.54. The van der Waals surface area contributed by atoms with E-state index in [0.717, 1.165) is 16.5 Å². The van der Waals surface area contributed by atoms with Crippen LogP contribution < -0.4 is 5.76 Å². The maximum absolute atomic E-state index is 10.9. The van der Waals surface area contributed by atoms with Gasteiger partial charge in [-0.05, 0) is 12.1 Å². The number of rotatable bonds is 1. The van der Waals surface area contributed by atoms with Gasteiger partial charge < -0.3 is 0 Å². The van der Waals surface area contributed by atoms with Gasteiger partial charge in [0.25, 0.3) is 0 Å². The van der Waals surface area contributed by atoms with Crippen molar-refractivity contribution in [3.63, 3.8) is 0 Å². The van der Waals surface area contributed by atoms with Gasteiger partial charge in [0.05, 0.1) is 5.52 Å². The Hall–Kier alpha value is -2.43. The molecule has 0 atom stereocenters. The monoisotopic (exact) mass is 213 g/mol. The summed E-state index contributed by atoms with van der Waals surface area (Å²) in [5, 5.41) is 4.64. The number of nitrogens with one attached hydrogen (secondary N) is 1. The summed E-state index contributed by atoms with van der Waals surface area (Å²) in [5.74, 6) is -0.169. The molecule has 2 heterocycles. The van der Waals surface area contributed by atoms with Crippen molar-refractivity contribution in [3.05, 3.63) is 47.1 Å². The number of pyridine rings is 1. The maximum Gasteiger partial charge on any atom is 0.439 e. The van der Waals surface area contributed by atoms with Gasteiger partial charge in [-0.1, -0.05) is 23.4 Å². The van der Waals surface area contributed by atoms with Crippen LogP contribution in [-0.2, 0) is 0 Å². The lowest BCUT2D eigenvalue weighted by atomic mass is 10.1. The van der Waals surface area contributed by atoms with E-state index in [-0.39, 0.29) is 0 Å². The van der Waals surface area contributed by atoms with Crippen molar-refractivity contribution in [2.45, 2.75) is 0 Å². The second kappa shape index (κ2) is 3.30. The molecule has 5 nitrogen and oxygen atoms in total. The Morgan fingerprint density at radius 2 is 2.06 bits per heavy atom. The van der Waals surface area contributed by atoms with Crippen LogP contribution in [0.25, 0.3) is 22.3 Å². The van der Waals surface area contributed by atoms with Crippen LogP contribution in [-0.4, -0.2) is 15.1 Å². The zero-order chi connectivity index (χ0) is 11.0. The zero-order valence-electron chi connectivity index (χ0n) is 8.18. The largest absolute Gasteiger partial charge is 0.439 e. The third kappa shape index (κ3) is 1.30. The van der Waals surface area contributed by atoms with Crippen LogP contribution in [0.2, 0.25) is 0 Å². The molecule has 0 aliphatic carbocycles. The van der Waals surface area contributed by atoms with E-state index in [1.165, 1.54) is 0 Å². The fourth-order valence-corrected chi connectivity index (χ4v) is 1.64. The third-order valence-electron chi connectivity index (χ3n) is 2.33. The van der Waals surface area contributed by atoms with Gasteiger partial charge in [-0.2, -0.15) is 0 Å². The van der Waals surface area contributed by atoms with Crippen molar-refractivity contribution in [1.82, 2.24) is 15.1 Å². The standard InChI is InChI=1S/C11H7N3O2/c15-11-13-10(14-16-11)8-5-1-3-7-4-2-6-12-9(7)8/h1-6H,(H,13,14,15). The molecule has 0 unspecified atom stereocenters. The minimum absolute atomic E-state index is 0.398. The van der Waals surface area contributed by atoms with Crippen LogP contribution in [0.15, 0.2) is 45.8 Å². The van der Waals surface area contributed by atoms with E-state index in [0.29, 0.717) is 5.82 Å². The van der Waals surface area contributed by atoms with Gasteiger partial charge in [-0.25, -0.2) is 4.79 Å². The molecule has 78 valence electrons. The molecule has 0 saturated carbocycles. The summed E-state index contributed by atoms with van der Waals surface area (Å²) < 4.78 is 4.48. The van der Waals surface area contributed by atoms with E-state index >= 15 is 0 Å². The number of benzene rings is 1. The first-order chi connectivity index (χ1) is 7.84. The number of H-pyrrole nitrogens is 1. The quantitative estimate of drug-likeness (QED) is 0.666. The third-order valence-corrected chi connectivity index (χ3v) is 2.33. The molecule has 16 heavy (non-hydrogen) atoms. The number of aromatic amines is 1. The van der Waals surface area contributed by atoms with E-state index in [2.05, 4.69) is 19.6 Å². The molecule has 3 aromatic rings. The van der Waals surface area contributed by atoms with Crippen molar-refractivity contribution in [1.29, 1.82) is 0 Å². The molecule has 0 saturated heterocycles. The first kappa shape index (κ1) is 8.84. The lowest BCUT2D eigenvalue weighted by Crippen LogP contribution is -1.95. The number of aromatic nitrogens is 3. The predicted molar refractivity (Wildman–Crippen MR) is 57.9 cm³/mol. The summed E-state index contributed by atoms with van der Waals surface area (Å²) in [7, 11) is 0. The number of hydrogen-bond acceptors (Lipinski definition) is 4. The van der Waals surface area contributed by atoms with Crippen molar-refractivity contribution in [3.8, 4) is 11.4 Å². The van der Waals surface area contributed by atoms with E-state index in [1.807, 2.05) is 30.3 Å². The first-order valence-corrected chi connectivity index (χ1v) is 4.75. The van der Waals surface area contributed by atoms with Gasteiger partial charge in [0.1, 0.15) is 0 Å². The summed E-state index contributed by atoms with van der Waals surface area (Å²) in [6, 6.07) is 9.47. The average Bonchev–Trinajstić information content (AvgIpc) is 2.75. The SMILES string of the molecule is O=c1[nH]c(-c2cccc3cccnc23)no1. The molecule has 1 N–H and O–H groups in total. The Morgan fingerprint density at radius 1 is 1.19 bits per heavy atom. The van der Waals surface area contributed by atoms with Crippen molar-refractivity contribution in [2.24, 2.45) is 0 Å². The topological polar surface area (TPSA) is 71.8 Å². The molecule has 0 amide bonds. The Bertz CT molecular complexity index is 694. The number of nitrogens with zero attached hydrogens (tertiary/aromatic N) is 2. The second-order valence-electron chi connectivity index (χ2n) is 3.32. The van der Waals surface area contributed by atoms with Crippen LogP contribution >= 0.6 is 0 Å². The zero-order valence-corrected chi connectivity index (χ0v) is 8.18. The van der Waals surface area contributed by atoms with E-state index in [4.69, 9.17) is 0 Å². The van der Waals surface area contributed by atoms with E-state index in [9.17, 15) is 4.79 Å². The number of fused-ring (bicyclic) bond motifs is 1. The summed E-state index contributed by atoms with van der Waals surface area (Å²) >= 11 is 0. The van der Waals surface area contributed by atoms with E-state index in [1.54, 1.807) is 6.20 Å². The predicted octanol–water partition coefficient (Wildman–Crippen LogP) is 1.58. The van der Waals surface area contributed by atoms with Crippen LogP contribution in [0.5, 0.6) is 0 Å². The van der Waals surface area contributed by atoms with Crippen molar-refractivity contribution < 1.29 is 4.52 Å². The minimum atomic E-state index is -0.567. The molecule has 0 fully saturated rings. The van der Waals surface area contributed by atoms with Crippen molar-refractivity contribution >= 4 is 10.9 Å². The highest BCUT2D eigenvalue weighted by Gasteiger charge is 2.08. The second-order valence-corrected chi connectivity index (χ2v) is 3.32. The summed E-state index contributed by atoms with van der Waals surface area (Å²) in [6.07, 6.45) is 1.70. The van der Waals surface area contributed by atoms with Gasteiger partial charge in [-0.3, -0.25) is 14.5 Å². The fourth-order valence-electron chi connectivity index (χ4n) is 1.64. The van der Waals surface area contributed by atoms with Crippen LogP contribution in [0.3, 0.4) is 0 Å². The molecular weight excluding hydrogens is 206 g/mol. The van der Waals surface area contributed by atoms with Gasteiger partial charge >= 0.3 is 5.76 Å². The van der Waals surface area contributed by atoms with E-state index < -0.39 is 5.76 Å². The number of hydrogen-bond donors (Lipinski definition) is 1. The molecule has 0 bridgehead atoms. The highest BCUT2D eigenvalue weighted by atomic mass is 16.5. The number of para-hydroxylation sites is 1. The summed E-state index contributed by atoms with van der Waals surface area (Å²) in [4.78, 5) is 17.7. The fraction of sp³-hybridized carbons (Fsp3) is 0. The molecule has 0 aliphatic heterocycles. The average molecular weight is 213 g/mol. The van der Waals surface area contributed by atoms with Crippen LogP contribution in [0.1, 0.15) is 0 Å². The molecule has 0 spiro atoms. The van der Waals surface area contributed by atoms with Crippen LogP contribution in [0, 0.1) is 0 Å². The highest BCUT2D eigenvalue weighted by molar-refractivity contribution is 5.91. The maximum atomic E-state index is 10.9. The molecule has 0 radical (unpaired) electrons. The van der Waals surface area contributed by atoms with Gasteiger partial charge in [0.15, 0.2) is 5.82 Å². The molecular formula is C11H7N3O2. The molecule has 1 aromatic carbocycles. The molecule has 3 rings (SSSR count). The Balaban J connectivity index is 2.35. The van der Waals surface area contributed by atoms with Crippen LogP contribution in [0.4, 0.5) is 0 Å². The Kier molecular flexibility index (Phi) is 1.83. The minimum Gasteiger partial charge on any atom is -0.296 e. The molecule has 0 aliphatic rings. The Morgan fingerprint density at radius 3 is 2.88 bits per heavy atom. The van der Waals surface area contributed by atoms with Crippen molar-refractivity contribution in [2.75, 3.05) is 0 Å². The lowest BCUT2D eigenvalue weighted by molar-refractivity contribution is 0.388. The smallest absolute Gasteiger partial charge is 0.296 e. The Labute approximate surface area is 89.7 Å². The lowest BCUT2D eigenvalue weighted by Gasteiger charge is -2.00. The first-order valence-electron chi connectivity index (χ1n) is 4.75. The molecule has 5 heteroatoms. The van der Waals surface area contributed by atoms with Gasteiger partial charge in [0, 0.05) is 17.1 Å². The summed E-state index contributed by atoms with van der Waals surface area (Å²) in [6.45, 7) is 0.